The summed E-state index contributed by atoms with van der Waals surface area (Å²) < 4.78 is 3.13. The molecule has 1 aliphatic carbocycles. The van der Waals surface area contributed by atoms with Crippen LogP contribution in [0.3, 0.4) is 0 Å². The van der Waals surface area contributed by atoms with Gasteiger partial charge in [0.25, 0.3) is 11.5 Å². The minimum absolute atomic E-state index is 0.113. The number of unbranched alkanes of at least 4 members (excludes halogenated alkanes) is 2. The van der Waals surface area contributed by atoms with E-state index in [0.29, 0.717) is 23.2 Å². The third-order valence-electron chi connectivity index (χ3n) is 5.84. The summed E-state index contributed by atoms with van der Waals surface area (Å²) in [6, 6.07) is 7.29. The van der Waals surface area contributed by atoms with Crippen molar-refractivity contribution < 1.29 is 4.79 Å². The number of nitrogens with zero attached hydrogens (tertiary/aromatic N) is 4. The first kappa shape index (κ1) is 21.6. The smallest absolute Gasteiger partial charge is 0.288 e. The van der Waals surface area contributed by atoms with Crippen LogP contribution >= 0.6 is 11.6 Å². The van der Waals surface area contributed by atoms with Crippen LogP contribution in [-0.4, -0.2) is 31.1 Å². The van der Waals surface area contributed by atoms with Crippen molar-refractivity contribution in [1.82, 2.24) is 24.5 Å². The molecule has 7 nitrogen and oxygen atoms in total. The Hall–Kier alpha value is -2.67. The molecule has 0 aliphatic heterocycles. The molecule has 1 saturated carbocycles. The van der Waals surface area contributed by atoms with E-state index in [1.807, 2.05) is 16.7 Å². The summed E-state index contributed by atoms with van der Waals surface area (Å²) in [6.45, 7) is 2.81. The molecule has 0 bridgehead atoms. The number of carbonyl (C=O) groups excluding carboxylic acids is 1. The maximum absolute atomic E-state index is 13.2. The summed E-state index contributed by atoms with van der Waals surface area (Å²) in [5.74, 6) is 0.551. The molecule has 1 fully saturated rings. The van der Waals surface area contributed by atoms with E-state index < -0.39 is 5.56 Å². The maximum atomic E-state index is 13.2. The molecule has 1 aliphatic rings. The molecule has 8 heteroatoms. The van der Waals surface area contributed by atoms with Crippen molar-refractivity contribution in [3.05, 3.63) is 51.4 Å². The van der Waals surface area contributed by atoms with Gasteiger partial charge in [-0.1, -0.05) is 50.6 Å². The normalized spacial score (nSPS) is 14.8. The third-order valence-corrected chi connectivity index (χ3v) is 6.10. The first-order valence-corrected chi connectivity index (χ1v) is 11.5. The molecule has 2 heterocycles. The van der Waals surface area contributed by atoms with Gasteiger partial charge in [-0.15, -0.1) is 5.10 Å². The van der Waals surface area contributed by atoms with Crippen LogP contribution in [0.25, 0.3) is 17.2 Å². The van der Waals surface area contributed by atoms with Crippen molar-refractivity contribution in [2.75, 3.05) is 0 Å². The monoisotopic (exact) mass is 441 g/mol. The van der Waals surface area contributed by atoms with Crippen molar-refractivity contribution >= 4 is 23.3 Å². The molecule has 1 amide bonds. The second-order valence-electron chi connectivity index (χ2n) is 8.21. The van der Waals surface area contributed by atoms with Gasteiger partial charge in [-0.2, -0.15) is 9.50 Å². The van der Waals surface area contributed by atoms with E-state index in [0.717, 1.165) is 50.5 Å². The quantitative estimate of drug-likeness (QED) is 0.548. The minimum Gasteiger partial charge on any atom is -0.349 e. The number of amides is 1. The number of nitrogens with one attached hydrogen (secondary N) is 1. The van der Waals surface area contributed by atoms with Crippen LogP contribution < -0.4 is 10.9 Å². The molecule has 0 unspecified atom stereocenters. The Kier molecular flexibility index (Phi) is 6.70. The van der Waals surface area contributed by atoms with E-state index in [1.165, 1.54) is 10.9 Å². The number of aryl methyl sites for hydroxylation is 1. The zero-order chi connectivity index (χ0) is 21.8. The Morgan fingerprint density at radius 2 is 1.90 bits per heavy atom. The summed E-state index contributed by atoms with van der Waals surface area (Å²) in [7, 11) is 0. The Balaban J connectivity index is 1.73. The molecule has 4 rings (SSSR count). The van der Waals surface area contributed by atoms with Gasteiger partial charge in [-0.25, -0.2) is 0 Å². The molecule has 31 heavy (non-hydrogen) atoms. The van der Waals surface area contributed by atoms with E-state index in [-0.39, 0.29) is 17.5 Å². The molecule has 164 valence electrons. The lowest BCUT2D eigenvalue weighted by molar-refractivity contribution is 0.0925. The number of fused-ring (bicyclic) bond motifs is 1. The summed E-state index contributed by atoms with van der Waals surface area (Å²) in [6.07, 6.45) is 10.1. The van der Waals surface area contributed by atoms with Gasteiger partial charge in [0, 0.05) is 29.4 Å². The lowest BCUT2D eigenvalue weighted by atomic mass is 9.95. The van der Waals surface area contributed by atoms with Gasteiger partial charge in [-0.3, -0.25) is 9.59 Å². The topological polar surface area (TPSA) is 81.3 Å². The molecule has 0 saturated heterocycles. The van der Waals surface area contributed by atoms with Gasteiger partial charge in [0.2, 0.25) is 5.78 Å². The number of aromatic nitrogens is 4. The first-order valence-electron chi connectivity index (χ1n) is 11.1. The number of carbonyl (C=O) groups is 1. The van der Waals surface area contributed by atoms with Crippen molar-refractivity contribution in [2.24, 2.45) is 0 Å². The molecule has 0 radical (unpaired) electrons. The summed E-state index contributed by atoms with van der Waals surface area (Å²) >= 11 is 5.99. The molecular weight excluding hydrogens is 414 g/mol. The van der Waals surface area contributed by atoms with Gasteiger partial charge < -0.3 is 9.88 Å². The SMILES string of the molecule is CCCCCn1cc(C(=O)NC2CCCCC2)c(=O)n2nc(-c3ccc(Cl)cc3)nc12. The van der Waals surface area contributed by atoms with Gasteiger partial charge in [0.05, 0.1) is 0 Å². The number of benzene rings is 1. The molecule has 2 aromatic heterocycles. The van der Waals surface area contributed by atoms with E-state index in [4.69, 9.17) is 11.6 Å². The molecular formula is C23H28ClN5O2. The van der Waals surface area contributed by atoms with Gasteiger partial charge >= 0.3 is 0 Å². The van der Waals surface area contributed by atoms with Crippen LogP contribution in [0.5, 0.6) is 0 Å². The highest BCUT2D eigenvalue weighted by Gasteiger charge is 2.22. The summed E-state index contributed by atoms with van der Waals surface area (Å²) in [4.78, 5) is 30.7. The molecule has 0 spiro atoms. The predicted molar refractivity (Wildman–Crippen MR) is 122 cm³/mol. The Morgan fingerprint density at radius 1 is 1.16 bits per heavy atom. The van der Waals surface area contributed by atoms with E-state index in [9.17, 15) is 9.59 Å². The standard InChI is InChI=1S/C23H28ClN5O2/c1-2-3-7-14-28-15-19(21(30)25-18-8-5-4-6-9-18)22(31)29-23(28)26-20(27-29)16-10-12-17(24)13-11-16/h10-13,15,18H,2-9,14H2,1H3,(H,25,30). The van der Waals surface area contributed by atoms with Gasteiger partial charge in [-0.05, 0) is 43.5 Å². The fourth-order valence-electron chi connectivity index (χ4n) is 4.09. The van der Waals surface area contributed by atoms with Crippen LogP contribution in [-0.2, 0) is 6.54 Å². The molecule has 1 N–H and O–H groups in total. The van der Waals surface area contributed by atoms with Crippen molar-refractivity contribution in [3.63, 3.8) is 0 Å². The average molecular weight is 442 g/mol. The highest BCUT2D eigenvalue weighted by atomic mass is 35.5. The van der Waals surface area contributed by atoms with Crippen LogP contribution in [0.2, 0.25) is 5.02 Å². The van der Waals surface area contributed by atoms with E-state index in [1.54, 1.807) is 18.3 Å². The minimum atomic E-state index is -0.442. The predicted octanol–water partition coefficient (Wildman–Crippen LogP) is 4.46. The highest BCUT2D eigenvalue weighted by molar-refractivity contribution is 6.30. The number of rotatable bonds is 7. The van der Waals surface area contributed by atoms with Crippen LogP contribution in [0.4, 0.5) is 0 Å². The highest BCUT2D eigenvalue weighted by Crippen LogP contribution is 2.20. The fraction of sp³-hybridized carbons (Fsp3) is 0.478. The second-order valence-corrected chi connectivity index (χ2v) is 8.65. The first-order chi connectivity index (χ1) is 15.1. The Bertz CT molecular complexity index is 1110. The Labute approximate surface area is 186 Å². The maximum Gasteiger partial charge on any atom is 0.288 e. The Morgan fingerprint density at radius 3 is 2.61 bits per heavy atom. The lowest BCUT2D eigenvalue weighted by Gasteiger charge is -2.22. The van der Waals surface area contributed by atoms with Crippen molar-refractivity contribution in [2.45, 2.75) is 70.9 Å². The molecule has 0 atom stereocenters. The van der Waals surface area contributed by atoms with Crippen LogP contribution in [0.1, 0.15) is 68.6 Å². The number of hydrogen-bond donors (Lipinski definition) is 1. The largest absolute Gasteiger partial charge is 0.349 e. The van der Waals surface area contributed by atoms with Crippen molar-refractivity contribution in [3.8, 4) is 11.4 Å². The van der Waals surface area contributed by atoms with Crippen LogP contribution in [0.15, 0.2) is 35.3 Å². The molecule has 3 aromatic rings. The summed E-state index contributed by atoms with van der Waals surface area (Å²) in [5.41, 5.74) is 0.436. The third kappa shape index (κ3) is 4.82. The summed E-state index contributed by atoms with van der Waals surface area (Å²) in [5, 5.41) is 8.11. The van der Waals surface area contributed by atoms with E-state index in [2.05, 4.69) is 22.3 Å². The zero-order valence-corrected chi connectivity index (χ0v) is 18.6. The number of hydrogen-bond acceptors (Lipinski definition) is 4. The number of halogens is 1. The zero-order valence-electron chi connectivity index (χ0n) is 17.8. The lowest BCUT2D eigenvalue weighted by Crippen LogP contribution is -2.40. The van der Waals surface area contributed by atoms with E-state index >= 15 is 0 Å². The average Bonchev–Trinajstić information content (AvgIpc) is 3.23. The second kappa shape index (κ2) is 9.64. The van der Waals surface area contributed by atoms with Gasteiger partial charge in [0.1, 0.15) is 5.56 Å². The van der Waals surface area contributed by atoms with Crippen LogP contribution in [0, 0.1) is 0 Å². The fourth-order valence-corrected chi connectivity index (χ4v) is 4.22. The van der Waals surface area contributed by atoms with Gasteiger partial charge in [0.15, 0.2) is 5.82 Å². The molecule has 1 aromatic carbocycles. The van der Waals surface area contributed by atoms with Crippen molar-refractivity contribution in [1.29, 1.82) is 0 Å².